The van der Waals surface area contributed by atoms with Gasteiger partial charge in [0.2, 0.25) is 0 Å². The number of carbonyl (C=O) groups is 1. The van der Waals surface area contributed by atoms with Crippen molar-refractivity contribution in [3.63, 3.8) is 0 Å². The first-order chi connectivity index (χ1) is 11.7. The molecule has 1 heterocycles. The summed E-state index contributed by atoms with van der Waals surface area (Å²) in [6.07, 6.45) is 0. The van der Waals surface area contributed by atoms with Gasteiger partial charge in [-0.25, -0.2) is 4.79 Å². The molecule has 122 valence electrons. The van der Waals surface area contributed by atoms with Crippen LogP contribution >= 0.6 is 0 Å². The highest BCUT2D eigenvalue weighted by Crippen LogP contribution is 2.24. The number of nitrogens with zero attached hydrogens (tertiary/aromatic N) is 1. The van der Waals surface area contributed by atoms with E-state index in [-0.39, 0.29) is 5.69 Å². The number of hydrogen-bond acceptors (Lipinski definition) is 6. The summed E-state index contributed by atoms with van der Waals surface area (Å²) in [6, 6.07) is 15.5. The average Bonchev–Trinajstić information content (AvgIpc) is 3.13. The molecule has 0 atom stereocenters. The van der Waals surface area contributed by atoms with Gasteiger partial charge in [-0.2, -0.15) is 0 Å². The second kappa shape index (κ2) is 6.87. The molecule has 6 heteroatoms. The zero-order valence-corrected chi connectivity index (χ0v) is 13.2. The number of rotatable bonds is 5. The summed E-state index contributed by atoms with van der Waals surface area (Å²) in [5.41, 5.74) is 0.878. The summed E-state index contributed by atoms with van der Waals surface area (Å²) in [5.74, 6) is 1.69. The van der Waals surface area contributed by atoms with Gasteiger partial charge in [0, 0.05) is 11.6 Å². The van der Waals surface area contributed by atoms with Crippen molar-refractivity contribution in [1.82, 2.24) is 5.16 Å². The van der Waals surface area contributed by atoms with E-state index in [1.54, 1.807) is 50.6 Å². The summed E-state index contributed by atoms with van der Waals surface area (Å²) in [5, 5.41) is 3.76. The van der Waals surface area contributed by atoms with E-state index in [1.807, 2.05) is 12.1 Å². The van der Waals surface area contributed by atoms with Crippen molar-refractivity contribution in [2.45, 2.75) is 0 Å². The van der Waals surface area contributed by atoms with E-state index in [0.29, 0.717) is 17.3 Å². The summed E-state index contributed by atoms with van der Waals surface area (Å²) < 4.78 is 20.6. The van der Waals surface area contributed by atoms with E-state index >= 15 is 0 Å². The van der Waals surface area contributed by atoms with Crippen LogP contribution in [-0.4, -0.2) is 25.3 Å². The largest absolute Gasteiger partial charge is 0.497 e. The minimum atomic E-state index is -0.594. The Labute approximate surface area is 138 Å². The van der Waals surface area contributed by atoms with E-state index in [0.717, 1.165) is 11.3 Å². The molecule has 2 aromatic carbocycles. The van der Waals surface area contributed by atoms with Crippen molar-refractivity contribution < 1.29 is 23.5 Å². The SMILES string of the molecule is COc1ccc(OC(=O)c2cc(-c3ccc(OC)cc3)on2)cc1. The zero-order valence-electron chi connectivity index (χ0n) is 13.2. The molecule has 3 aromatic rings. The predicted molar refractivity (Wildman–Crippen MR) is 86.4 cm³/mol. The van der Waals surface area contributed by atoms with Crippen LogP contribution in [0.2, 0.25) is 0 Å². The molecule has 3 rings (SSSR count). The number of ether oxygens (including phenoxy) is 3. The zero-order chi connectivity index (χ0) is 16.9. The quantitative estimate of drug-likeness (QED) is 0.527. The lowest BCUT2D eigenvalue weighted by molar-refractivity contribution is 0.0724. The highest BCUT2D eigenvalue weighted by molar-refractivity contribution is 5.90. The molecule has 0 N–H and O–H groups in total. The molecule has 0 amide bonds. The molecular weight excluding hydrogens is 310 g/mol. The Bertz CT molecular complexity index is 821. The molecule has 0 unspecified atom stereocenters. The van der Waals surface area contributed by atoms with Crippen LogP contribution in [0, 0.1) is 0 Å². The standard InChI is InChI=1S/C18H15NO5/c1-21-13-5-3-12(4-6-13)17-11-16(19-24-17)18(20)23-15-9-7-14(22-2)8-10-15/h3-11H,1-2H3. The monoisotopic (exact) mass is 325 g/mol. The smallest absolute Gasteiger partial charge is 0.365 e. The Morgan fingerprint density at radius 3 is 2.00 bits per heavy atom. The van der Waals surface area contributed by atoms with Gasteiger partial charge in [0.25, 0.3) is 0 Å². The van der Waals surface area contributed by atoms with E-state index in [4.69, 9.17) is 18.7 Å². The first-order valence-electron chi connectivity index (χ1n) is 7.17. The number of aromatic nitrogens is 1. The molecule has 0 aliphatic carbocycles. The van der Waals surface area contributed by atoms with Gasteiger partial charge in [-0.15, -0.1) is 0 Å². The minimum absolute atomic E-state index is 0.0941. The number of benzene rings is 2. The maximum absolute atomic E-state index is 12.1. The fraction of sp³-hybridized carbons (Fsp3) is 0.111. The van der Waals surface area contributed by atoms with Crippen LogP contribution in [-0.2, 0) is 0 Å². The van der Waals surface area contributed by atoms with Gasteiger partial charge in [0.15, 0.2) is 11.5 Å². The molecule has 1 aromatic heterocycles. The van der Waals surface area contributed by atoms with Gasteiger partial charge in [-0.05, 0) is 48.5 Å². The minimum Gasteiger partial charge on any atom is -0.497 e. The van der Waals surface area contributed by atoms with Gasteiger partial charge in [0.05, 0.1) is 14.2 Å². The second-order valence-corrected chi connectivity index (χ2v) is 4.87. The Morgan fingerprint density at radius 1 is 0.875 bits per heavy atom. The first-order valence-corrected chi connectivity index (χ1v) is 7.17. The molecule has 0 saturated heterocycles. The van der Waals surface area contributed by atoms with Crippen molar-refractivity contribution in [2.75, 3.05) is 14.2 Å². The molecule has 0 spiro atoms. The fourth-order valence-electron chi connectivity index (χ4n) is 2.07. The predicted octanol–water partition coefficient (Wildman–Crippen LogP) is 3.58. The topological polar surface area (TPSA) is 70.8 Å². The third-order valence-corrected chi connectivity index (χ3v) is 3.36. The molecule has 0 radical (unpaired) electrons. The van der Waals surface area contributed by atoms with Crippen LogP contribution in [0.3, 0.4) is 0 Å². The number of esters is 1. The maximum Gasteiger partial charge on any atom is 0.365 e. The average molecular weight is 325 g/mol. The van der Waals surface area contributed by atoms with Crippen LogP contribution in [0.25, 0.3) is 11.3 Å². The van der Waals surface area contributed by atoms with E-state index < -0.39 is 5.97 Å². The number of hydrogen-bond donors (Lipinski definition) is 0. The van der Waals surface area contributed by atoms with Crippen LogP contribution in [0.15, 0.2) is 59.1 Å². The van der Waals surface area contributed by atoms with Gasteiger partial charge >= 0.3 is 5.97 Å². The Hall–Kier alpha value is -3.28. The molecule has 0 bridgehead atoms. The molecule has 6 nitrogen and oxygen atoms in total. The van der Waals surface area contributed by atoms with Crippen LogP contribution in [0.1, 0.15) is 10.5 Å². The highest BCUT2D eigenvalue weighted by Gasteiger charge is 2.16. The lowest BCUT2D eigenvalue weighted by Gasteiger charge is -2.03. The van der Waals surface area contributed by atoms with Gasteiger partial charge in [-0.1, -0.05) is 5.16 Å². The van der Waals surface area contributed by atoms with Crippen molar-refractivity contribution in [2.24, 2.45) is 0 Å². The van der Waals surface area contributed by atoms with E-state index in [9.17, 15) is 4.79 Å². The van der Waals surface area contributed by atoms with Crippen molar-refractivity contribution in [1.29, 1.82) is 0 Å². The van der Waals surface area contributed by atoms with Crippen LogP contribution in [0.5, 0.6) is 17.2 Å². The van der Waals surface area contributed by atoms with E-state index in [1.165, 1.54) is 6.07 Å². The van der Waals surface area contributed by atoms with Crippen LogP contribution < -0.4 is 14.2 Å². The van der Waals surface area contributed by atoms with E-state index in [2.05, 4.69) is 5.16 Å². The first kappa shape index (κ1) is 15.6. The van der Waals surface area contributed by atoms with Gasteiger partial charge in [-0.3, -0.25) is 0 Å². The molecule has 0 aliphatic heterocycles. The normalized spacial score (nSPS) is 10.2. The second-order valence-electron chi connectivity index (χ2n) is 4.87. The summed E-state index contributed by atoms with van der Waals surface area (Å²) in [6.45, 7) is 0. The Morgan fingerprint density at radius 2 is 1.42 bits per heavy atom. The molecule has 0 aliphatic rings. The van der Waals surface area contributed by atoms with Gasteiger partial charge < -0.3 is 18.7 Å². The lowest BCUT2D eigenvalue weighted by Crippen LogP contribution is -2.08. The summed E-state index contributed by atoms with van der Waals surface area (Å²) in [4.78, 5) is 12.1. The molecule has 24 heavy (non-hydrogen) atoms. The van der Waals surface area contributed by atoms with Crippen LogP contribution in [0.4, 0.5) is 0 Å². The third-order valence-electron chi connectivity index (χ3n) is 3.36. The lowest BCUT2D eigenvalue weighted by atomic mass is 10.1. The number of carbonyl (C=O) groups excluding carboxylic acids is 1. The van der Waals surface area contributed by atoms with Crippen molar-refractivity contribution >= 4 is 5.97 Å². The molecule has 0 saturated carbocycles. The Balaban J connectivity index is 1.72. The Kier molecular flexibility index (Phi) is 4.47. The number of methoxy groups -OCH3 is 2. The summed E-state index contributed by atoms with van der Waals surface area (Å²) >= 11 is 0. The highest BCUT2D eigenvalue weighted by atomic mass is 16.5. The fourth-order valence-corrected chi connectivity index (χ4v) is 2.07. The van der Waals surface area contributed by atoms with Crippen molar-refractivity contribution in [3.05, 3.63) is 60.3 Å². The third kappa shape index (κ3) is 3.38. The van der Waals surface area contributed by atoms with Crippen molar-refractivity contribution in [3.8, 4) is 28.6 Å². The molecule has 0 fully saturated rings. The van der Waals surface area contributed by atoms with Gasteiger partial charge in [0.1, 0.15) is 17.2 Å². The summed E-state index contributed by atoms with van der Waals surface area (Å²) in [7, 11) is 3.16. The maximum atomic E-state index is 12.1. The molecular formula is C18H15NO5.